The van der Waals surface area contributed by atoms with Gasteiger partial charge in [-0.2, -0.15) is 0 Å². The van der Waals surface area contributed by atoms with E-state index in [0.717, 1.165) is 18.8 Å². The molecule has 2 rings (SSSR count). The normalized spacial score (nSPS) is 42.4. The standard InChI is InChI=1S/C11H18O/c1-8-4-2-5-9-6-3-7-10(12)11(8)9/h8-9,11H,2-7H2,1H3/t8-,9?,11?/m0/s1. The van der Waals surface area contributed by atoms with Crippen LogP contribution in [0.5, 0.6) is 0 Å². The molecular formula is C11H18O. The van der Waals surface area contributed by atoms with Gasteiger partial charge in [0.05, 0.1) is 0 Å². The number of hydrogen-bond donors (Lipinski definition) is 0. The molecule has 1 heteroatoms. The average molecular weight is 166 g/mol. The fraction of sp³-hybridized carbons (Fsp3) is 0.909. The van der Waals surface area contributed by atoms with Crippen molar-refractivity contribution >= 4 is 5.78 Å². The minimum atomic E-state index is 0.451. The van der Waals surface area contributed by atoms with Crippen molar-refractivity contribution in [1.29, 1.82) is 0 Å². The quantitative estimate of drug-likeness (QED) is 0.541. The Kier molecular flexibility index (Phi) is 2.20. The number of hydrogen-bond acceptors (Lipinski definition) is 1. The third-order valence-electron chi connectivity index (χ3n) is 3.73. The summed E-state index contributed by atoms with van der Waals surface area (Å²) in [5.74, 6) is 2.46. The Morgan fingerprint density at radius 3 is 2.67 bits per heavy atom. The molecular weight excluding hydrogens is 148 g/mol. The van der Waals surface area contributed by atoms with Gasteiger partial charge in [-0.1, -0.05) is 19.8 Å². The highest BCUT2D eigenvalue weighted by Crippen LogP contribution is 2.41. The second kappa shape index (κ2) is 3.20. The number of carbonyl (C=O) groups excluding carboxylic acids is 1. The zero-order valence-electron chi connectivity index (χ0n) is 7.88. The largest absolute Gasteiger partial charge is 0.299 e. The van der Waals surface area contributed by atoms with Crippen molar-refractivity contribution in [3.63, 3.8) is 0 Å². The maximum atomic E-state index is 11.6. The van der Waals surface area contributed by atoms with Gasteiger partial charge >= 0.3 is 0 Å². The van der Waals surface area contributed by atoms with Crippen LogP contribution in [0.4, 0.5) is 0 Å². The van der Waals surface area contributed by atoms with E-state index in [1.165, 1.54) is 25.7 Å². The first-order chi connectivity index (χ1) is 5.79. The SMILES string of the molecule is C[C@H]1CCCC2CCCC(=O)C21. The summed E-state index contributed by atoms with van der Waals surface area (Å²) in [6.45, 7) is 2.26. The van der Waals surface area contributed by atoms with Crippen LogP contribution in [0.2, 0.25) is 0 Å². The van der Waals surface area contributed by atoms with Crippen molar-refractivity contribution < 1.29 is 4.79 Å². The lowest BCUT2D eigenvalue weighted by atomic mass is 9.65. The molecule has 0 radical (unpaired) electrons. The van der Waals surface area contributed by atoms with E-state index in [-0.39, 0.29) is 0 Å². The Labute approximate surface area is 74.5 Å². The third-order valence-corrected chi connectivity index (χ3v) is 3.73. The minimum absolute atomic E-state index is 0.451. The first kappa shape index (κ1) is 8.28. The Bertz CT molecular complexity index is 183. The topological polar surface area (TPSA) is 17.1 Å². The zero-order valence-corrected chi connectivity index (χ0v) is 7.88. The first-order valence-corrected chi connectivity index (χ1v) is 5.32. The lowest BCUT2D eigenvalue weighted by molar-refractivity contribution is -0.130. The Morgan fingerprint density at radius 1 is 1.17 bits per heavy atom. The van der Waals surface area contributed by atoms with Gasteiger partial charge in [-0.3, -0.25) is 4.79 Å². The predicted molar refractivity (Wildman–Crippen MR) is 48.9 cm³/mol. The van der Waals surface area contributed by atoms with Crippen molar-refractivity contribution in [2.45, 2.75) is 45.4 Å². The van der Waals surface area contributed by atoms with Crippen LogP contribution in [0.1, 0.15) is 45.4 Å². The van der Waals surface area contributed by atoms with E-state index < -0.39 is 0 Å². The molecule has 0 aromatic heterocycles. The zero-order chi connectivity index (χ0) is 8.55. The molecule has 0 heterocycles. The summed E-state index contributed by atoms with van der Waals surface area (Å²) in [5, 5.41) is 0. The van der Waals surface area contributed by atoms with Crippen LogP contribution < -0.4 is 0 Å². The maximum Gasteiger partial charge on any atom is 0.136 e. The molecule has 0 bridgehead atoms. The summed E-state index contributed by atoms with van der Waals surface area (Å²) in [4.78, 5) is 11.6. The van der Waals surface area contributed by atoms with E-state index in [9.17, 15) is 4.79 Å². The van der Waals surface area contributed by atoms with E-state index >= 15 is 0 Å². The van der Waals surface area contributed by atoms with Crippen LogP contribution in [-0.4, -0.2) is 5.78 Å². The molecule has 2 unspecified atom stereocenters. The summed E-state index contributed by atoms with van der Waals surface area (Å²) in [6, 6.07) is 0. The number of rotatable bonds is 0. The molecule has 2 fully saturated rings. The van der Waals surface area contributed by atoms with Gasteiger partial charge in [0.15, 0.2) is 0 Å². The highest BCUT2D eigenvalue weighted by Gasteiger charge is 2.37. The van der Waals surface area contributed by atoms with Crippen LogP contribution in [0, 0.1) is 17.8 Å². The lowest BCUT2D eigenvalue weighted by Crippen LogP contribution is -2.36. The molecule has 0 amide bonds. The fourth-order valence-electron chi connectivity index (χ4n) is 3.14. The molecule has 2 aliphatic carbocycles. The van der Waals surface area contributed by atoms with Crippen LogP contribution in [0.25, 0.3) is 0 Å². The van der Waals surface area contributed by atoms with Crippen LogP contribution >= 0.6 is 0 Å². The summed E-state index contributed by atoms with van der Waals surface area (Å²) >= 11 is 0. The second-order valence-corrected chi connectivity index (χ2v) is 4.55. The highest BCUT2D eigenvalue weighted by molar-refractivity contribution is 5.82. The van der Waals surface area contributed by atoms with Gasteiger partial charge in [0.25, 0.3) is 0 Å². The van der Waals surface area contributed by atoms with E-state index in [1.807, 2.05) is 0 Å². The van der Waals surface area contributed by atoms with Crippen molar-refractivity contribution in [2.75, 3.05) is 0 Å². The van der Waals surface area contributed by atoms with Gasteiger partial charge in [0.1, 0.15) is 5.78 Å². The Hall–Kier alpha value is -0.330. The molecule has 0 N–H and O–H groups in total. The van der Waals surface area contributed by atoms with Crippen molar-refractivity contribution in [1.82, 2.24) is 0 Å². The summed E-state index contributed by atoms with van der Waals surface area (Å²) in [7, 11) is 0. The summed E-state index contributed by atoms with van der Waals surface area (Å²) < 4.78 is 0. The molecule has 0 aliphatic heterocycles. The molecule has 0 aromatic carbocycles. The summed E-state index contributed by atoms with van der Waals surface area (Å²) in [6.07, 6.45) is 7.31. The Balaban J connectivity index is 2.12. The van der Waals surface area contributed by atoms with Crippen LogP contribution in [0.15, 0.2) is 0 Å². The van der Waals surface area contributed by atoms with Crippen LogP contribution in [0.3, 0.4) is 0 Å². The lowest BCUT2D eigenvalue weighted by Gasteiger charge is -2.38. The maximum absolute atomic E-state index is 11.6. The third kappa shape index (κ3) is 1.30. The first-order valence-electron chi connectivity index (χ1n) is 5.32. The van der Waals surface area contributed by atoms with E-state index in [1.54, 1.807) is 0 Å². The number of fused-ring (bicyclic) bond motifs is 1. The van der Waals surface area contributed by atoms with Gasteiger partial charge in [-0.15, -0.1) is 0 Å². The van der Waals surface area contributed by atoms with Gasteiger partial charge in [-0.05, 0) is 31.1 Å². The molecule has 12 heavy (non-hydrogen) atoms. The van der Waals surface area contributed by atoms with Gasteiger partial charge in [0, 0.05) is 12.3 Å². The number of carbonyl (C=O) groups is 1. The number of ketones is 1. The molecule has 3 atom stereocenters. The summed E-state index contributed by atoms with van der Waals surface area (Å²) in [5.41, 5.74) is 0. The average Bonchev–Trinajstić information content (AvgIpc) is 2.04. The highest BCUT2D eigenvalue weighted by atomic mass is 16.1. The molecule has 0 aromatic rings. The van der Waals surface area contributed by atoms with Gasteiger partial charge in [-0.25, -0.2) is 0 Å². The minimum Gasteiger partial charge on any atom is -0.299 e. The molecule has 0 saturated heterocycles. The fourth-order valence-corrected chi connectivity index (χ4v) is 3.14. The molecule has 2 aliphatic rings. The van der Waals surface area contributed by atoms with E-state index in [2.05, 4.69) is 6.92 Å². The molecule has 0 spiro atoms. The van der Waals surface area contributed by atoms with Gasteiger partial charge < -0.3 is 0 Å². The molecule has 68 valence electrons. The van der Waals surface area contributed by atoms with Crippen LogP contribution in [-0.2, 0) is 4.79 Å². The number of Topliss-reactive ketones (excluding diaryl/α,β-unsaturated/α-hetero) is 1. The van der Waals surface area contributed by atoms with E-state index in [0.29, 0.717) is 17.6 Å². The van der Waals surface area contributed by atoms with Crippen molar-refractivity contribution in [3.05, 3.63) is 0 Å². The smallest absolute Gasteiger partial charge is 0.136 e. The molecule has 2 saturated carbocycles. The Morgan fingerprint density at radius 2 is 1.92 bits per heavy atom. The van der Waals surface area contributed by atoms with Gasteiger partial charge in [0.2, 0.25) is 0 Å². The predicted octanol–water partition coefficient (Wildman–Crippen LogP) is 2.79. The van der Waals surface area contributed by atoms with Crippen molar-refractivity contribution in [3.8, 4) is 0 Å². The van der Waals surface area contributed by atoms with Crippen molar-refractivity contribution in [2.24, 2.45) is 17.8 Å². The monoisotopic (exact) mass is 166 g/mol. The second-order valence-electron chi connectivity index (χ2n) is 4.55. The van der Waals surface area contributed by atoms with E-state index in [4.69, 9.17) is 0 Å². The molecule has 1 nitrogen and oxygen atoms in total.